The number of thioether (sulfide) groups is 1. The number of amides is 1. The number of rotatable bonds is 9. The van der Waals surface area contributed by atoms with Crippen LogP contribution in [0.3, 0.4) is 0 Å². The molecule has 1 amide bonds. The van der Waals surface area contributed by atoms with Crippen LogP contribution in [-0.4, -0.2) is 28.2 Å². The van der Waals surface area contributed by atoms with Crippen molar-refractivity contribution in [1.82, 2.24) is 15.3 Å². The summed E-state index contributed by atoms with van der Waals surface area (Å²) in [7, 11) is 0. The Hall–Kier alpha value is -2.67. The summed E-state index contributed by atoms with van der Waals surface area (Å²) in [5, 5.41) is 3.43. The van der Waals surface area contributed by atoms with E-state index < -0.39 is 0 Å². The molecular weight excluding hydrogens is 377 g/mol. The minimum absolute atomic E-state index is 0.0328. The minimum atomic E-state index is -0.195. The summed E-state index contributed by atoms with van der Waals surface area (Å²) in [5.74, 6) is 1.68. The van der Waals surface area contributed by atoms with E-state index in [9.17, 15) is 14.0 Å². The number of hydrogen-bond acceptors (Lipinski definition) is 4. The second-order valence-corrected chi connectivity index (χ2v) is 7.48. The van der Waals surface area contributed by atoms with E-state index >= 15 is 0 Å². The zero-order valence-corrected chi connectivity index (χ0v) is 16.2. The molecule has 0 aliphatic heterocycles. The molecule has 5 nitrogen and oxygen atoms in total. The quantitative estimate of drug-likeness (QED) is 0.541. The Kier molecular flexibility index (Phi) is 7.19. The number of aromatic nitrogens is 2. The molecule has 0 radical (unpaired) electrons. The van der Waals surface area contributed by atoms with Gasteiger partial charge in [0.25, 0.3) is 5.56 Å². The van der Waals surface area contributed by atoms with Gasteiger partial charge in [-0.1, -0.05) is 30.3 Å². The maximum atomic E-state index is 13.5. The zero-order chi connectivity index (χ0) is 19.8. The van der Waals surface area contributed by atoms with E-state index in [1.54, 1.807) is 42.1 Å². The van der Waals surface area contributed by atoms with Crippen LogP contribution >= 0.6 is 11.8 Å². The predicted molar refractivity (Wildman–Crippen MR) is 111 cm³/mol. The molecule has 7 heteroatoms. The molecule has 1 heterocycles. The summed E-state index contributed by atoms with van der Waals surface area (Å²) in [6.07, 6.45) is 1.51. The second-order valence-electron chi connectivity index (χ2n) is 6.38. The summed E-state index contributed by atoms with van der Waals surface area (Å²) in [5.41, 5.74) is 1.19. The van der Waals surface area contributed by atoms with Gasteiger partial charge in [0.1, 0.15) is 11.6 Å². The number of carbonyl (C=O) groups is 1. The highest BCUT2D eigenvalue weighted by Crippen LogP contribution is 2.14. The molecule has 3 rings (SSSR count). The van der Waals surface area contributed by atoms with Crippen molar-refractivity contribution < 1.29 is 9.18 Å². The topological polar surface area (TPSA) is 74.8 Å². The Labute approximate surface area is 166 Å². The molecule has 0 saturated heterocycles. The number of aromatic amines is 1. The third kappa shape index (κ3) is 5.66. The van der Waals surface area contributed by atoms with Crippen molar-refractivity contribution in [2.24, 2.45) is 0 Å². The first kappa shape index (κ1) is 20.1. The smallest absolute Gasteiger partial charge is 0.258 e. The number of hydrogen-bond donors (Lipinski definition) is 2. The molecule has 3 aromatic rings. The third-order valence-electron chi connectivity index (χ3n) is 4.26. The van der Waals surface area contributed by atoms with E-state index in [-0.39, 0.29) is 17.3 Å². The van der Waals surface area contributed by atoms with Gasteiger partial charge >= 0.3 is 0 Å². The summed E-state index contributed by atoms with van der Waals surface area (Å²) in [6, 6.07) is 13.9. The highest BCUT2D eigenvalue weighted by atomic mass is 32.2. The molecule has 0 unspecified atom stereocenters. The van der Waals surface area contributed by atoms with Crippen LogP contribution in [0.2, 0.25) is 0 Å². The number of aryl methyl sites for hydroxylation is 1. The van der Waals surface area contributed by atoms with Crippen molar-refractivity contribution in [3.63, 3.8) is 0 Å². The molecule has 0 saturated carbocycles. The third-order valence-corrected chi connectivity index (χ3v) is 5.27. The van der Waals surface area contributed by atoms with Crippen LogP contribution < -0.4 is 10.9 Å². The molecular formula is C21H22FN3O2S. The van der Waals surface area contributed by atoms with Crippen molar-refractivity contribution in [2.75, 3.05) is 12.3 Å². The van der Waals surface area contributed by atoms with Gasteiger partial charge in [-0.25, -0.2) is 9.37 Å². The van der Waals surface area contributed by atoms with Crippen molar-refractivity contribution in [2.45, 2.75) is 25.0 Å². The van der Waals surface area contributed by atoms with Gasteiger partial charge in [0, 0.05) is 30.9 Å². The zero-order valence-electron chi connectivity index (χ0n) is 15.4. The van der Waals surface area contributed by atoms with Crippen molar-refractivity contribution in [3.8, 4) is 0 Å². The summed E-state index contributed by atoms with van der Waals surface area (Å²) in [4.78, 5) is 31.2. The van der Waals surface area contributed by atoms with Gasteiger partial charge in [-0.05, 0) is 30.2 Å². The molecule has 0 spiro atoms. The lowest BCUT2D eigenvalue weighted by atomic mass is 10.2. The minimum Gasteiger partial charge on any atom is -0.355 e. The highest BCUT2D eigenvalue weighted by Gasteiger charge is 2.06. The fourth-order valence-electron chi connectivity index (χ4n) is 2.82. The predicted octanol–water partition coefficient (Wildman–Crippen LogP) is 3.43. The first-order valence-electron chi connectivity index (χ1n) is 9.19. The molecule has 0 fully saturated rings. The maximum Gasteiger partial charge on any atom is 0.258 e. The highest BCUT2D eigenvalue weighted by molar-refractivity contribution is 7.98. The van der Waals surface area contributed by atoms with E-state index in [2.05, 4.69) is 15.3 Å². The monoisotopic (exact) mass is 399 g/mol. The second kappa shape index (κ2) is 10.0. The van der Waals surface area contributed by atoms with Crippen molar-refractivity contribution in [1.29, 1.82) is 0 Å². The maximum absolute atomic E-state index is 13.5. The van der Waals surface area contributed by atoms with Crippen molar-refractivity contribution >= 4 is 28.6 Å². The summed E-state index contributed by atoms with van der Waals surface area (Å²) < 4.78 is 13.5. The van der Waals surface area contributed by atoms with Gasteiger partial charge in [-0.15, -0.1) is 0 Å². The standard InChI is InChI=1S/C21H22FN3O2S/c22-17-8-3-1-6-15(17)14-28-13-12-23-20(26)11-5-10-19-24-18-9-4-2-7-16(18)21(27)25-19/h1-4,6-9H,5,10-14H2,(H,23,26)(H,24,25,27). The average molecular weight is 399 g/mol. The van der Waals surface area contributed by atoms with E-state index in [0.717, 1.165) is 5.75 Å². The number of nitrogens with one attached hydrogen (secondary N) is 2. The first-order valence-corrected chi connectivity index (χ1v) is 10.3. The van der Waals surface area contributed by atoms with E-state index in [4.69, 9.17) is 0 Å². The average Bonchev–Trinajstić information content (AvgIpc) is 2.69. The van der Waals surface area contributed by atoms with Crippen LogP contribution in [0.25, 0.3) is 10.9 Å². The molecule has 0 aliphatic carbocycles. The Morgan fingerprint density at radius 1 is 1.14 bits per heavy atom. The first-order chi connectivity index (χ1) is 13.6. The number of nitrogens with zero attached hydrogens (tertiary/aromatic N) is 1. The molecule has 0 atom stereocenters. The number of benzene rings is 2. The van der Waals surface area contributed by atoms with Gasteiger partial charge in [0.2, 0.25) is 5.91 Å². The Balaban J connectivity index is 1.35. The van der Waals surface area contributed by atoms with Crippen LogP contribution in [0.1, 0.15) is 24.2 Å². The fourth-order valence-corrected chi connectivity index (χ4v) is 3.66. The lowest BCUT2D eigenvalue weighted by molar-refractivity contribution is -0.121. The normalized spacial score (nSPS) is 10.9. The fraction of sp³-hybridized carbons (Fsp3) is 0.286. The molecule has 146 valence electrons. The number of fused-ring (bicyclic) bond motifs is 1. The van der Waals surface area contributed by atoms with E-state index in [1.807, 2.05) is 12.1 Å². The number of H-pyrrole nitrogens is 1. The SMILES string of the molecule is O=C(CCCc1nc2ccccc2c(=O)[nH]1)NCCSCc1ccccc1F. The number of carbonyl (C=O) groups excluding carboxylic acids is 1. The molecule has 28 heavy (non-hydrogen) atoms. The van der Waals surface area contributed by atoms with Crippen LogP contribution in [0.5, 0.6) is 0 Å². The van der Waals surface area contributed by atoms with Gasteiger partial charge in [0.05, 0.1) is 10.9 Å². The van der Waals surface area contributed by atoms with Crippen molar-refractivity contribution in [3.05, 3.63) is 76.1 Å². The van der Waals surface area contributed by atoms with Crippen LogP contribution in [0.4, 0.5) is 4.39 Å². The Morgan fingerprint density at radius 3 is 2.79 bits per heavy atom. The largest absolute Gasteiger partial charge is 0.355 e. The summed E-state index contributed by atoms with van der Waals surface area (Å²) >= 11 is 1.58. The van der Waals surface area contributed by atoms with Crippen LogP contribution in [-0.2, 0) is 17.0 Å². The molecule has 2 N–H and O–H groups in total. The Morgan fingerprint density at radius 2 is 1.93 bits per heavy atom. The van der Waals surface area contributed by atoms with E-state index in [1.165, 1.54) is 6.07 Å². The van der Waals surface area contributed by atoms with Crippen LogP contribution in [0.15, 0.2) is 53.3 Å². The van der Waals surface area contributed by atoms with Crippen LogP contribution in [0, 0.1) is 5.82 Å². The molecule has 1 aromatic heterocycles. The molecule has 0 aliphatic rings. The number of para-hydroxylation sites is 1. The van der Waals surface area contributed by atoms with Gasteiger partial charge in [-0.2, -0.15) is 11.8 Å². The molecule has 0 bridgehead atoms. The summed E-state index contributed by atoms with van der Waals surface area (Å²) in [6.45, 7) is 0.545. The molecule has 2 aromatic carbocycles. The lowest BCUT2D eigenvalue weighted by Crippen LogP contribution is -2.25. The van der Waals surface area contributed by atoms with Gasteiger partial charge in [-0.3, -0.25) is 9.59 Å². The Bertz CT molecular complexity index is 1010. The number of halogens is 1. The van der Waals surface area contributed by atoms with Gasteiger partial charge in [0.15, 0.2) is 0 Å². The van der Waals surface area contributed by atoms with E-state index in [0.29, 0.717) is 53.9 Å². The van der Waals surface area contributed by atoms with Gasteiger partial charge < -0.3 is 10.3 Å². The lowest BCUT2D eigenvalue weighted by Gasteiger charge is -2.06.